The second-order valence-electron chi connectivity index (χ2n) is 4.27. The van der Waals surface area contributed by atoms with Crippen LogP contribution in [-0.4, -0.2) is 36.5 Å². The average Bonchev–Trinajstić information content (AvgIpc) is 2.45. The van der Waals surface area contributed by atoms with Gasteiger partial charge < -0.3 is 10.1 Å². The van der Waals surface area contributed by atoms with Gasteiger partial charge in [-0.15, -0.1) is 0 Å². The molecule has 0 amide bonds. The summed E-state index contributed by atoms with van der Waals surface area (Å²) in [4.78, 5) is 0. The summed E-state index contributed by atoms with van der Waals surface area (Å²) < 4.78 is 29.0. The van der Waals surface area contributed by atoms with Crippen LogP contribution in [0.3, 0.4) is 0 Å². The van der Waals surface area contributed by atoms with Crippen LogP contribution >= 0.6 is 12.2 Å². The third kappa shape index (κ3) is 6.48. The van der Waals surface area contributed by atoms with Crippen LogP contribution in [0.25, 0.3) is 0 Å². The van der Waals surface area contributed by atoms with Crippen LogP contribution in [0, 0.1) is 0 Å². The van der Waals surface area contributed by atoms with Crippen LogP contribution in [0.15, 0.2) is 29.4 Å². The summed E-state index contributed by atoms with van der Waals surface area (Å²) in [7, 11) is 1.69. The lowest BCUT2D eigenvalue weighted by molar-refractivity contribution is -0.0499. The molecule has 0 unspecified atom stereocenters. The molecular weight excluding hydrogens is 296 g/mol. The molecule has 7 heteroatoms. The topological polar surface area (TPSA) is 36.9 Å². The molecule has 0 heterocycles. The summed E-state index contributed by atoms with van der Waals surface area (Å²) in [6, 6.07) is 6.45. The molecule has 0 aliphatic heterocycles. The molecule has 0 bridgehead atoms. The first-order valence-corrected chi connectivity index (χ1v) is 7.04. The Kier molecular flexibility index (Phi) is 7.60. The van der Waals surface area contributed by atoms with Crippen LogP contribution in [-0.2, 0) is 0 Å². The van der Waals surface area contributed by atoms with Crippen LogP contribution in [0.5, 0.6) is 5.75 Å². The van der Waals surface area contributed by atoms with Crippen LogP contribution in [0.2, 0.25) is 0 Å². The fourth-order valence-corrected chi connectivity index (χ4v) is 1.63. The predicted octanol–water partition coefficient (Wildman–Crippen LogP) is 3.23. The minimum absolute atomic E-state index is 0.0783. The Bertz CT molecular complexity index is 483. The van der Waals surface area contributed by atoms with Crippen molar-refractivity contribution in [1.29, 1.82) is 0 Å². The van der Waals surface area contributed by atoms with E-state index in [-0.39, 0.29) is 5.75 Å². The zero-order valence-electron chi connectivity index (χ0n) is 12.1. The van der Waals surface area contributed by atoms with E-state index in [1.165, 1.54) is 17.3 Å². The molecule has 1 aromatic rings. The summed E-state index contributed by atoms with van der Waals surface area (Å²) in [5.74, 6) is 0.0783. The summed E-state index contributed by atoms with van der Waals surface area (Å²) in [6.07, 6.45) is 3.52. The quantitative estimate of drug-likeness (QED) is 0.363. The fourth-order valence-electron chi connectivity index (χ4n) is 1.48. The maximum Gasteiger partial charge on any atom is 0.387 e. The third-order valence-corrected chi connectivity index (χ3v) is 3.01. The van der Waals surface area contributed by atoms with Crippen LogP contribution in [0.4, 0.5) is 8.78 Å². The molecule has 0 radical (unpaired) electrons. The SMILES string of the molecule is CCCCNC(=S)N(C)/N=C/c1ccccc1OC(F)F. The van der Waals surface area contributed by atoms with Gasteiger partial charge in [0.05, 0.1) is 6.21 Å². The first-order valence-electron chi connectivity index (χ1n) is 6.64. The minimum Gasteiger partial charge on any atom is -0.434 e. The number of nitrogens with one attached hydrogen (secondary N) is 1. The van der Waals surface area contributed by atoms with E-state index in [4.69, 9.17) is 12.2 Å². The number of ether oxygens (including phenoxy) is 1. The monoisotopic (exact) mass is 315 g/mol. The second kappa shape index (κ2) is 9.23. The van der Waals surface area contributed by atoms with E-state index in [9.17, 15) is 8.78 Å². The highest BCUT2D eigenvalue weighted by Crippen LogP contribution is 2.18. The van der Waals surface area contributed by atoms with E-state index < -0.39 is 6.61 Å². The molecular formula is C14H19F2N3OS. The zero-order valence-corrected chi connectivity index (χ0v) is 12.9. The van der Waals surface area contributed by atoms with Crippen LogP contribution in [0.1, 0.15) is 25.3 Å². The smallest absolute Gasteiger partial charge is 0.387 e. The highest BCUT2D eigenvalue weighted by atomic mass is 32.1. The molecule has 0 aliphatic rings. The van der Waals surface area contributed by atoms with Gasteiger partial charge in [0.2, 0.25) is 0 Å². The van der Waals surface area contributed by atoms with Gasteiger partial charge in [0, 0.05) is 19.2 Å². The summed E-state index contributed by atoms with van der Waals surface area (Å²) in [5, 5.41) is 9.13. The van der Waals surface area contributed by atoms with E-state index >= 15 is 0 Å². The van der Waals surface area contributed by atoms with E-state index in [1.54, 1.807) is 25.2 Å². The Morgan fingerprint density at radius 3 is 2.86 bits per heavy atom. The van der Waals surface area contributed by atoms with Gasteiger partial charge in [-0.3, -0.25) is 0 Å². The van der Waals surface area contributed by atoms with Gasteiger partial charge >= 0.3 is 6.61 Å². The highest BCUT2D eigenvalue weighted by molar-refractivity contribution is 7.80. The Balaban J connectivity index is 2.65. The lowest BCUT2D eigenvalue weighted by Crippen LogP contribution is -2.34. The number of halogens is 2. The number of unbranched alkanes of at least 4 members (excludes halogenated alkanes) is 1. The first-order chi connectivity index (χ1) is 10.0. The van der Waals surface area contributed by atoms with Gasteiger partial charge in [-0.2, -0.15) is 13.9 Å². The molecule has 21 heavy (non-hydrogen) atoms. The summed E-state index contributed by atoms with van der Waals surface area (Å²) in [5.41, 5.74) is 0.459. The molecule has 1 N–H and O–H groups in total. The Morgan fingerprint density at radius 1 is 1.48 bits per heavy atom. The van der Waals surface area contributed by atoms with E-state index in [0.717, 1.165) is 19.4 Å². The average molecular weight is 315 g/mol. The van der Waals surface area contributed by atoms with E-state index in [1.807, 2.05) is 0 Å². The number of hydrogen-bond donors (Lipinski definition) is 1. The number of para-hydroxylation sites is 1. The Morgan fingerprint density at radius 2 is 2.19 bits per heavy atom. The van der Waals surface area contributed by atoms with E-state index in [0.29, 0.717) is 10.7 Å². The van der Waals surface area contributed by atoms with Crippen molar-refractivity contribution in [3.8, 4) is 5.75 Å². The number of rotatable bonds is 7. The second-order valence-corrected chi connectivity index (χ2v) is 4.66. The minimum atomic E-state index is -2.87. The molecule has 1 rings (SSSR count). The maximum atomic E-state index is 12.3. The number of hydrogen-bond acceptors (Lipinski definition) is 3. The molecule has 0 spiro atoms. The first kappa shape index (κ1) is 17.3. The third-order valence-electron chi connectivity index (χ3n) is 2.61. The number of alkyl halides is 2. The van der Waals surface area contributed by atoms with Gasteiger partial charge in [-0.25, -0.2) is 5.01 Å². The van der Waals surface area contributed by atoms with Crippen molar-refractivity contribution in [2.45, 2.75) is 26.4 Å². The van der Waals surface area contributed by atoms with Crippen molar-refractivity contribution in [2.75, 3.05) is 13.6 Å². The maximum absolute atomic E-state index is 12.3. The standard InChI is InChI=1S/C14H19F2N3OS/c1-3-4-9-17-14(21)19(2)18-10-11-7-5-6-8-12(11)20-13(15)16/h5-8,10,13H,3-4,9H2,1-2H3,(H,17,21)/b18-10+. The lowest BCUT2D eigenvalue weighted by Gasteiger charge is -2.15. The number of benzene rings is 1. The van der Waals surface area contributed by atoms with Crippen molar-refractivity contribution < 1.29 is 13.5 Å². The summed E-state index contributed by atoms with van der Waals surface area (Å²) in [6.45, 7) is 0.00126. The molecule has 1 aromatic carbocycles. The number of hydrazone groups is 1. The molecule has 0 atom stereocenters. The molecule has 4 nitrogen and oxygen atoms in total. The Hall–Kier alpha value is -1.76. The molecule has 0 aromatic heterocycles. The number of nitrogens with zero attached hydrogens (tertiary/aromatic N) is 2. The van der Waals surface area contributed by atoms with Crippen molar-refractivity contribution in [3.63, 3.8) is 0 Å². The zero-order chi connectivity index (χ0) is 15.7. The van der Waals surface area contributed by atoms with Gasteiger partial charge in [0.15, 0.2) is 5.11 Å². The normalized spacial score (nSPS) is 10.9. The van der Waals surface area contributed by atoms with Crippen molar-refractivity contribution in [1.82, 2.24) is 10.3 Å². The molecule has 0 saturated carbocycles. The van der Waals surface area contributed by atoms with Gasteiger partial charge in [0.25, 0.3) is 0 Å². The Labute approximate surface area is 128 Å². The molecule has 0 aliphatic carbocycles. The fraction of sp³-hybridized carbons (Fsp3) is 0.429. The lowest BCUT2D eigenvalue weighted by atomic mass is 10.2. The molecule has 0 fully saturated rings. The largest absolute Gasteiger partial charge is 0.434 e. The van der Waals surface area contributed by atoms with Crippen molar-refractivity contribution in [2.24, 2.45) is 5.10 Å². The van der Waals surface area contributed by atoms with Crippen molar-refractivity contribution in [3.05, 3.63) is 29.8 Å². The highest BCUT2D eigenvalue weighted by Gasteiger charge is 2.08. The van der Waals surface area contributed by atoms with Crippen LogP contribution < -0.4 is 10.1 Å². The summed E-state index contributed by atoms with van der Waals surface area (Å²) >= 11 is 5.16. The molecule has 0 saturated heterocycles. The predicted molar refractivity (Wildman–Crippen MR) is 83.9 cm³/mol. The van der Waals surface area contributed by atoms with E-state index in [2.05, 4.69) is 22.1 Å². The van der Waals surface area contributed by atoms with Gasteiger partial charge in [0.1, 0.15) is 5.75 Å². The number of thiocarbonyl (C=S) groups is 1. The van der Waals surface area contributed by atoms with Gasteiger partial charge in [-0.05, 0) is 30.8 Å². The van der Waals surface area contributed by atoms with Gasteiger partial charge in [-0.1, -0.05) is 25.5 Å². The molecule has 116 valence electrons. The van der Waals surface area contributed by atoms with Crippen molar-refractivity contribution >= 4 is 23.5 Å².